The molecule has 0 unspecified atom stereocenters. The predicted octanol–water partition coefficient (Wildman–Crippen LogP) is 0.655. The molecule has 2 aromatic heterocycles. The molecule has 2 aromatic rings. The Morgan fingerprint density at radius 3 is 3.18 bits per heavy atom. The Hall–Kier alpha value is -2.28. The van der Waals surface area contributed by atoms with E-state index in [0.29, 0.717) is 18.1 Å². The van der Waals surface area contributed by atoms with Crippen molar-refractivity contribution < 1.29 is 9.15 Å². The molecular weight excluding hydrogens is 224 g/mol. The quantitative estimate of drug-likeness (QED) is 0.784. The topological polar surface area (TPSA) is 93.4 Å². The molecule has 0 amide bonds. The fraction of sp³-hybridized carbons (Fsp3) is 0.200. The number of aromatic amines is 1. The average molecular weight is 234 g/mol. The third kappa shape index (κ3) is 3.08. The lowest BCUT2D eigenvalue weighted by Gasteiger charge is -1.91. The lowest BCUT2D eigenvalue weighted by atomic mass is 10.4. The van der Waals surface area contributed by atoms with Crippen molar-refractivity contribution in [1.29, 1.82) is 0 Å². The van der Waals surface area contributed by atoms with Crippen molar-refractivity contribution in [1.82, 2.24) is 15.0 Å². The Balaban J connectivity index is 2.11. The number of aromatic nitrogens is 3. The molecule has 0 radical (unpaired) electrons. The highest BCUT2D eigenvalue weighted by molar-refractivity contribution is 5.77. The van der Waals surface area contributed by atoms with Crippen molar-refractivity contribution in [2.75, 3.05) is 7.11 Å². The second-order valence-corrected chi connectivity index (χ2v) is 3.12. The van der Waals surface area contributed by atoms with E-state index in [1.165, 1.54) is 6.21 Å². The second-order valence-electron chi connectivity index (χ2n) is 3.12. The van der Waals surface area contributed by atoms with Gasteiger partial charge in [0.05, 0.1) is 6.21 Å². The lowest BCUT2D eigenvalue weighted by molar-refractivity contribution is 0.164. The van der Waals surface area contributed by atoms with Crippen LogP contribution < -0.4 is 5.69 Å². The summed E-state index contributed by atoms with van der Waals surface area (Å²) in [7, 11) is 1.59. The number of nitrogens with zero attached hydrogens (tertiary/aromatic N) is 3. The van der Waals surface area contributed by atoms with Crippen LogP contribution in [0.5, 0.6) is 0 Å². The molecule has 0 aliphatic heterocycles. The molecule has 0 saturated carbocycles. The third-order valence-corrected chi connectivity index (χ3v) is 1.86. The number of H-pyrrole nitrogens is 1. The van der Waals surface area contributed by atoms with Gasteiger partial charge in [-0.25, -0.2) is 14.8 Å². The van der Waals surface area contributed by atoms with Crippen LogP contribution in [-0.2, 0) is 11.3 Å². The maximum Gasteiger partial charge on any atom is 0.349 e. The SMILES string of the molecule is COCc1ccc(C=Nc2ncnc(=O)[nH]2)o1. The number of nitrogens with one attached hydrogen (secondary N) is 1. The molecule has 0 spiro atoms. The van der Waals surface area contributed by atoms with E-state index < -0.39 is 5.69 Å². The molecular formula is C10H10N4O3. The number of hydrogen-bond donors (Lipinski definition) is 1. The fourth-order valence-corrected chi connectivity index (χ4v) is 1.17. The van der Waals surface area contributed by atoms with Crippen molar-refractivity contribution >= 4 is 12.2 Å². The normalized spacial score (nSPS) is 11.1. The maximum atomic E-state index is 10.9. The van der Waals surface area contributed by atoms with Crippen molar-refractivity contribution in [3.05, 3.63) is 40.5 Å². The number of furan rings is 1. The van der Waals surface area contributed by atoms with Crippen LogP contribution in [-0.4, -0.2) is 28.3 Å². The lowest BCUT2D eigenvalue weighted by Crippen LogP contribution is -2.09. The molecule has 7 nitrogen and oxygen atoms in total. The van der Waals surface area contributed by atoms with Crippen molar-refractivity contribution in [2.45, 2.75) is 6.61 Å². The van der Waals surface area contributed by atoms with Gasteiger partial charge in [0.15, 0.2) is 0 Å². The first-order valence-corrected chi connectivity index (χ1v) is 4.81. The molecule has 0 bridgehead atoms. The summed E-state index contributed by atoms with van der Waals surface area (Å²) < 4.78 is 10.3. The molecule has 0 fully saturated rings. The molecule has 2 heterocycles. The largest absolute Gasteiger partial charge is 0.458 e. The zero-order valence-corrected chi connectivity index (χ0v) is 9.08. The van der Waals surface area contributed by atoms with E-state index in [-0.39, 0.29) is 5.95 Å². The van der Waals surface area contributed by atoms with E-state index in [9.17, 15) is 4.79 Å². The summed E-state index contributed by atoms with van der Waals surface area (Å²) in [4.78, 5) is 24.3. The number of ether oxygens (including phenoxy) is 1. The monoisotopic (exact) mass is 234 g/mol. The summed E-state index contributed by atoms with van der Waals surface area (Å²) in [5.74, 6) is 1.43. The first-order chi connectivity index (χ1) is 8.28. The van der Waals surface area contributed by atoms with E-state index in [1.807, 2.05) is 0 Å². The van der Waals surface area contributed by atoms with Crippen LogP contribution in [0.25, 0.3) is 0 Å². The fourth-order valence-electron chi connectivity index (χ4n) is 1.17. The number of hydrogen-bond acceptors (Lipinski definition) is 6. The molecule has 2 rings (SSSR count). The van der Waals surface area contributed by atoms with Gasteiger partial charge in [0.2, 0.25) is 5.95 Å². The Morgan fingerprint density at radius 2 is 2.41 bits per heavy atom. The Bertz CT molecular complexity index is 573. The zero-order valence-electron chi connectivity index (χ0n) is 9.08. The minimum Gasteiger partial charge on any atom is -0.458 e. The minimum atomic E-state index is -0.494. The summed E-state index contributed by atoms with van der Waals surface area (Å²) in [6.45, 7) is 0.401. The van der Waals surface area contributed by atoms with Crippen LogP contribution in [0, 0.1) is 0 Å². The van der Waals surface area contributed by atoms with Gasteiger partial charge in [-0.15, -0.1) is 0 Å². The minimum absolute atomic E-state index is 0.176. The summed E-state index contributed by atoms with van der Waals surface area (Å²) in [6, 6.07) is 3.53. The van der Waals surface area contributed by atoms with Gasteiger partial charge in [0, 0.05) is 7.11 Å². The smallest absolute Gasteiger partial charge is 0.349 e. The van der Waals surface area contributed by atoms with Crippen LogP contribution >= 0.6 is 0 Å². The number of methoxy groups -OCH3 is 1. The zero-order chi connectivity index (χ0) is 12.1. The molecule has 0 aliphatic carbocycles. The van der Waals surface area contributed by atoms with Crippen LogP contribution in [0.15, 0.2) is 32.7 Å². The van der Waals surface area contributed by atoms with Crippen LogP contribution in [0.1, 0.15) is 11.5 Å². The number of aliphatic imine (C=N–C) groups is 1. The summed E-state index contributed by atoms with van der Waals surface area (Å²) in [6.07, 6.45) is 2.60. The first kappa shape index (κ1) is 11.2. The van der Waals surface area contributed by atoms with E-state index in [2.05, 4.69) is 19.9 Å². The van der Waals surface area contributed by atoms with Gasteiger partial charge >= 0.3 is 5.69 Å². The standard InChI is InChI=1S/C10H10N4O3/c1-16-5-8-3-2-7(17-8)4-11-9-12-6-13-10(15)14-9/h2-4,6H,5H2,1H3,(H,12,13,14,15). The van der Waals surface area contributed by atoms with Crippen molar-refractivity contribution in [3.63, 3.8) is 0 Å². The van der Waals surface area contributed by atoms with E-state index >= 15 is 0 Å². The van der Waals surface area contributed by atoms with Crippen molar-refractivity contribution in [3.8, 4) is 0 Å². The van der Waals surface area contributed by atoms with Gasteiger partial charge in [-0.1, -0.05) is 0 Å². The average Bonchev–Trinajstić information content (AvgIpc) is 2.75. The molecule has 17 heavy (non-hydrogen) atoms. The predicted molar refractivity (Wildman–Crippen MR) is 59.3 cm³/mol. The Morgan fingerprint density at radius 1 is 1.53 bits per heavy atom. The second kappa shape index (κ2) is 5.17. The highest BCUT2D eigenvalue weighted by atomic mass is 16.5. The summed E-state index contributed by atoms with van der Waals surface area (Å²) in [5.41, 5.74) is -0.494. The Labute approximate surface area is 96.2 Å². The number of rotatable bonds is 4. The molecule has 1 N–H and O–H groups in total. The Kier molecular flexibility index (Phi) is 3.41. The van der Waals surface area contributed by atoms with E-state index in [4.69, 9.17) is 9.15 Å². The maximum absolute atomic E-state index is 10.9. The molecule has 0 aliphatic rings. The van der Waals surface area contributed by atoms with Crippen molar-refractivity contribution in [2.24, 2.45) is 4.99 Å². The van der Waals surface area contributed by atoms with E-state index in [1.54, 1.807) is 19.2 Å². The van der Waals surface area contributed by atoms with Crippen LogP contribution in [0.3, 0.4) is 0 Å². The molecule has 0 saturated heterocycles. The van der Waals surface area contributed by atoms with Gasteiger partial charge < -0.3 is 9.15 Å². The van der Waals surface area contributed by atoms with E-state index in [0.717, 1.165) is 6.33 Å². The van der Waals surface area contributed by atoms with Gasteiger partial charge in [0.1, 0.15) is 24.5 Å². The van der Waals surface area contributed by atoms with Crippen LogP contribution in [0.2, 0.25) is 0 Å². The molecule has 7 heteroatoms. The van der Waals surface area contributed by atoms with Gasteiger partial charge in [0.25, 0.3) is 0 Å². The summed E-state index contributed by atoms with van der Waals surface area (Å²) in [5, 5.41) is 0. The third-order valence-electron chi connectivity index (χ3n) is 1.86. The van der Waals surface area contributed by atoms with Crippen LogP contribution in [0.4, 0.5) is 5.95 Å². The van der Waals surface area contributed by atoms with Gasteiger partial charge in [-0.2, -0.15) is 4.98 Å². The molecule has 0 aromatic carbocycles. The summed E-state index contributed by atoms with van der Waals surface area (Å²) >= 11 is 0. The molecule has 88 valence electrons. The first-order valence-electron chi connectivity index (χ1n) is 4.81. The highest BCUT2D eigenvalue weighted by Crippen LogP contribution is 2.07. The highest BCUT2D eigenvalue weighted by Gasteiger charge is 1.99. The molecule has 0 atom stereocenters. The van der Waals surface area contributed by atoms with Gasteiger partial charge in [-0.3, -0.25) is 4.98 Å². The van der Waals surface area contributed by atoms with Gasteiger partial charge in [-0.05, 0) is 12.1 Å².